The Morgan fingerprint density at radius 3 is 1.40 bits per heavy atom. The SMILES string of the molecule is OC(c1ccccc1)c1ccccc1.[H-].[Li+]. The Labute approximate surface area is 103 Å². The Balaban J connectivity index is 0.00000112. The third kappa shape index (κ3) is 2.97. The molecule has 2 heteroatoms. The van der Waals surface area contributed by atoms with E-state index >= 15 is 0 Å². The molecule has 2 aromatic carbocycles. The van der Waals surface area contributed by atoms with Crippen LogP contribution in [-0.4, -0.2) is 5.11 Å². The molecule has 0 atom stereocenters. The smallest absolute Gasteiger partial charge is 1.00 e. The summed E-state index contributed by atoms with van der Waals surface area (Å²) in [7, 11) is 0. The summed E-state index contributed by atoms with van der Waals surface area (Å²) in [6, 6.07) is 19.3. The fraction of sp³-hybridized carbons (Fsp3) is 0.0769. The van der Waals surface area contributed by atoms with Crippen molar-refractivity contribution in [3.63, 3.8) is 0 Å². The summed E-state index contributed by atoms with van der Waals surface area (Å²) in [5.74, 6) is 0. The maximum atomic E-state index is 9.99. The van der Waals surface area contributed by atoms with Gasteiger partial charge < -0.3 is 6.53 Å². The standard InChI is InChI=1S/C13H12O.Li.H/c14-13(11-7-3-1-4-8-11)12-9-5-2-6-10-12;;/h1-10,13-14H;;/q;+1;-1. The number of hydrogen-bond acceptors (Lipinski definition) is 1. The van der Waals surface area contributed by atoms with Gasteiger partial charge in [-0.05, 0) is 11.1 Å². The molecular formula is C13H13LiO. The minimum atomic E-state index is -0.516. The molecule has 72 valence electrons. The van der Waals surface area contributed by atoms with Crippen LogP contribution in [-0.2, 0) is 0 Å². The van der Waals surface area contributed by atoms with Crippen LogP contribution in [0.3, 0.4) is 0 Å². The molecule has 0 saturated heterocycles. The van der Waals surface area contributed by atoms with E-state index in [0.717, 1.165) is 11.1 Å². The van der Waals surface area contributed by atoms with Crippen LogP contribution in [0, 0.1) is 0 Å². The quantitative estimate of drug-likeness (QED) is 0.658. The Kier molecular flexibility index (Phi) is 4.65. The fourth-order valence-corrected chi connectivity index (χ4v) is 1.46. The maximum Gasteiger partial charge on any atom is 1.00 e. The molecule has 0 aromatic heterocycles. The number of aliphatic hydroxyl groups is 1. The average Bonchev–Trinajstić information content (AvgIpc) is 2.30. The zero-order valence-corrected chi connectivity index (χ0v) is 8.80. The molecule has 0 spiro atoms. The van der Waals surface area contributed by atoms with Gasteiger partial charge in [-0.1, -0.05) is 60.7 Å². The van der Waals surface area contributed by atoms with Crippen molar-refractivity contribution < 1.29 is 25.4 Å². The van der Waals surface area contributed by atoms with Gasteiger partial charge in [0.25, 0.3) is 0 Å². The van der Waals surface area contributed by atoms with Crippen molar-refractivity contribution >= 4 is 0 Å². The van der Waals surface area contributed by atoms with Crippen LogP contribution in [0.5, 0.6) is 0 Å². The third-order valence-corrected chi connectivity index (χ3v) is 2.23. The molecule has 1 N–H and O–H groups in total. The summed E-state index contributed by atoms with van der Waals surface area (Å²) >= 11 is 0. The van der Waals surface area contributed by atoms with Gasteiger partial charge in [0.05, 0.1) is 0 Å². The Morgan fingerprint density at radius 2 is 1.07 bits per heavy atom. The molecule has 0 saturated carbocycles. The fourth-order valence-electron chi connectivity index (χ4n) is 1.46. The predicted molar refractivity (Wildman–Crippen MR) is 58.1 cm³/mol. The number of hydrogen-bond donors (Lipinski definition) is 1. The molecule has 2 rings (SSSR count). The Bertz CT molecular complexity index is 352. The largest absolute Gasteiger partial charge is 1.00 e. The second kappa shape index (κ2) is 5.78. The third-order valence-electron chi connectivity index (χ3n) is 2.23. The van der Waals surface area contributed by atoms with Gasteiger partial charge in [0.15, 0.2) is 0 Å². The van der Waals surface area contributed by atoms with Gasteiger partial charge in [-0.15, -0.1) is 0 Å². The van der Waals surface area contributed by atoms with E-state index in [2.05, 4.69) is 0 Å². The van der Waals surface area contributed by atoms with E-state index < -0.39 is 6.10 Å². The molecule has 15 heavy (non-hydrogen) atoms. The van der Waals surface area contributed by atoms with Crippen LogP contribution in [0.15, 0.2) is 60.7 Å². The van der Waals surface area contributed by atoms with Gasteiger partial charge in [0.2, 0.25) is 0 Å². The average molecular weight is 192 g/mol. The van der Waals surface area contributed by atoms with Crippen LogP contribution < -0.4 is 18.9 Å². The topological polar surface area (TPSA) is 20.2 Å². The van der Waals surface area contributed by atoms with Crippen LogP contribution in [0.1, 0.15) is 18.7 Å². The second-order valence-corrected chi connectivity index (χ2v) is 3.22. The summed E-state index contributed by atoms with van der Waals surface area (Å²) in [6.07, 6.45) is -0.516. The van der Waals surface area contributed by atoms with Crippen LogP contribution in [0.2, 0.25) is 0 Å². The molecule has 0 radical (unpaired) electrons. The summed E-state index contributed by atoms with van der Waals surface area (Å²) in [5, 5.41) is 9.99. The van der Waals surface area contributed by atoms with Crippen molar-refractivity contribution in [1.29, 1.82) is 0 Å². The van der Waals surface area contributed by atoms with E-state index in [0.29, 0.717) is 0 Å². The maximum absolute atomic E-state index is 9.99. The molecule has 0 aliphatic carbocycles. The minimum Gasteiger partial charge on any atom is -1.00 e. The monoisotopic (exact) mass is 192 g/mol. The molecule has 0 heterocycles. The zero-order valence-electron chi connectivity index (χ0n) is 9.80. The van der Waals surface area contributed by atoms with E-state index in [1.54, 1.807) is 0 Å². The van der Waals surface area contributed by atoms with Crippen LogP contribution >= 0.6 is 0 Å². The second-order valence-electron chi connectivity index (χ2n) is 3.22. The van der Waals surface area contributed by atoms with Crippen molar-refractivity contribution in [3.05, 3.63) is 71.8 Å². The molecule has 0 amide bonds. The minimum absolute atomic E-state index is 0. The van der Waals surface area contributed by atoms with Crippen molar-refractivity contribution in [2.75, 3.05) is 0 Å². The van der Waals surface area contributed by atoms with E-state index in [9.17, 15) is 5.11 Å². The molecule has 0 unspecified atom stereocenters. The van der Waals surface area contributed by atoms with E-state index in [1.807, 2.05) is 60.7 Å². The molecule has 0 bridgehead atoms. The van der Waals surface area contributed by atoms with E-state index in [4.69, 9.17) is 0 Å². The van der Waals surface area contributed by atoms with Gasteiger partial charge >= 0.3 is 18.9 Å². The van der Waals surface area contributed by atoms with Gasteiger partial charge in [-0.2, -0.15) is 0 Å². The van der Waals surface area contributed by atoms with E-state index in [1.165, 1.54) is 0 Å². The van der Waals surface area contributed by atoms with Crippen molar-refractivity contribution in [2.24, 2.45) is 0 Å². The first kappa shape index (κ1) is 12.1. The Morgan fingerprint density at radius 1 is 0.733 bits per heavy atom. The number of benzene rings is 2. The van der Waals surface area contributed by atoms with Gasteiger partial charge in [0, 0.05) is 0 Å². The summed E-state index contributed by atoms with van der Waals surface area (Å²) < 4.78 is 0. The molecular weight excluding hydrogens is 179 g/mol. The van der Waals surface area contributed by atoms with E-state index in [-0.39, 0.29) is 20.3 Å². The molecule has 2 aromatic rings. The normalized spacial score (nSPS) is 9.73. The summed E-state index contributed by atoms with van der Waals surface area (Å²) in [5.41, 5.74) is 1.86. The molecule has 1 nitrogen and oxygen atoms in total. The van der Waals surface area contributed by atoms with Crippen LogP contribution in [0.25, 0.3) is 0 Å². The van der Waals surface area contributed by atoms with Gasteiger partial charge in [-0.25, -0.2) is 0 Å². The van der Waals surface area contributed by atoms with Gasteiger partial charge in [0.1, 0.15) is 6.10 Å². The Hall–Kier alpha value is -1.00. The van der Waals surface area contributed by atoms with Crippen LogP contribution in [0.4, 0.5) is 0 Å². The van der Waals surface area contributed by atoms with Crippen molar-refractivity contribution in [2.45, 2.75) is 6.10 Å². The first-order valence-corrected chi connectivity index (χ1v) is 4.66. The summed E-state index contributed by atoms with van der Waals surface area (Å²) in [6.45, 7) is 0. The zero-order chi connectivity index (χ0) is 9.80. The van der Waals surface area contributed by atoms with Gasteiger partial charge in [-0.3, -0.25) is 0 Å². The van der Waals surface area contributed by atoms with Crippen molar-refractivity contribution in [1.82, 2.24) is 0 Å². The van der Waals surface area contributed by atoms with Crippen molar-refractivity contribution in [3.8, 4) is 0 Å². The number of aliphatic hydroxyl groups excluding tert-OH is 1. The first-order valence-electron chi connectivity index (χ1n) is 4.66. The predicted octanol–water partition coefficient (Wildman–Crippen LogP) is -0.115. The molecule has 0 aliphatic rings. The number of rotatable bonds is 2. The first-order chi connectivity index (χ1) is 6.88. The molecule has 0 fully saturated rings. The molecule has 0 aliphatic heterocycles. The summed E-state index contributed by atoms with van der Waals surface area (Å²) in [4.78, 5) is 0.